The standard InChI is InChI=1S/C20H24ClN5O2/c21-14-4-6-15(7-5-14)22-19-18-16(2-1-3-17(18)28)23-20(24-19)26-10-8-25(9-11-26)12-13-27/h4-7,27H,1-3,8-13H2,(H,22,23,24). The number of Topliss-reactive ketones (excluding diaryl/α,β-unsaturated/α-hetero) is 1. The third kappa shape index (κ3) is 4.11. The molecule has 4 rings (SSSR count). The molecule has 0 saturated carbocycles. The summed E-state index contributed by atoms with van der Waals surface area (Å²) in [6.07, 6.45) is 2.15. The number of nitrogens with one attached hydrogen (secondary N) is 1. The van der Waals surface area contributed by atoms with Crippen molar-refractivity contribution >= 4 is 34.8 Å². The van der Waals surface area contributed by atoms with Gasteiger partial charge in [0.15, 0.2) is 5.78 Å². The molecule has 2 aromatic rings. The topological polar surface area (TPSA) is 81.6 Å². The maximum Gasteiger partial charge on any atom is 0.227 e. The molecule has 1 saturated heterocycles. The van der Waals surface area contributed by atoms with Crippen LogP contribution in [0.25, 0.3) is 0 Å². The van der Waals surface area contributed by atoms with Crippen molar-refractivity contribution in [2.75, 3.05) is 49.5 Å². The van der Waals surface area contributed by atoms with E-state index in [2.05, 4.69) is 15.1 Å². The Morgan fingerprint density at radius 3 is 2.54 bits per heavy atom. The number of fused-ring (bicyclic) bond motifs is 1. The predicted molar refractivity (Wildman–Crippen MR) is 110 cm³/mol. The fourth-order valence-electron chi connectivity index (χ4n) is 3.72. The number of anilines is 3. The summed E-state index contributed by atoms with van der Waals surface area (Å²) in [7, 11) is 0. The van der Waals surface area contributed by atoms with Gasteiger partial charge in [-0.25, -0.2) is 4.98 Å². The summed E-state index contributed by atoms with van der Waals surface area (Å²) in [4.78, 5) is 26.4. The highest BCUT2D eigenvalue weighted by Gasteiger charge is 2.27. The number of piperazine rings is 1. The molecule has 1 aliphatic heterocycles. The van der Waals surface area contributed by atoms with Crippen LogP contribution in [-0.4, -0.2) is 65.1 Å². The molecule has 0 unspecified atom stereocenters. The van der Waals surface area contributed by atoms with Crippen LogP contribution in [0, 0.1) is 0 Å². The molecule has 1 aromatic carbocycles. The van der Waals surface area contributed by atoms with E-state index in [0.717, 1.165) is 50.4 Å². The van der Waals surface area contributed by atoms with Crippen molar-refractivity contribution in [3.63, 3.8) is 0 Å². The van der Waals surface area contributed by atoms with E-state index in [-0.39, 0.29) is 12.4 Å². The van der Waals surface area contributed by atoms with Crippen molar-refractivity contribution < 1.29 is 9.90 Å². The quantitative estimate of drug-likeness (QED) is 0.796. The van der Waals surface area contributed by atoms with Crippen molar-refractivity contribution in [2.45, 2.75) is 19.3 Å². The molecular formula is C20H24ClN5O2. The number of aryl methyl sites for hydroxylation is 1. The van der Waals surface area contributed by atoms with Crippen LogP contribution in [0.15, 0.2) is 24.3 Å². The van der Waals surface area contributed by atoms with E-state index in [1.165, 1.54) is 0 Å². The van der Waals surface area contributed by atoms with Gasteiger partial charge in [-0.3, -0.25) is 9.69 Å². The molecule has 8 heteroatoms. The van der Waals surface area contributed by atoms with Crippen LogP contribution in [0.3, 0.4) is 0 Å². The minimum absolute atomic E-state index is 0.0945. The Hall–Kier alpha value is -2.22. The smallest absolute Gasteiger partial charge is 0.227 e. The number of aliphatic hydroxyl groups excluding tert-OH is 1. The number of aliphatic hydroxyl groups is 1. The highest BCUT2D eigenvalue weighted by atomic mass is 35.5. The second kappa shape index (κ2) is 8.43. The lowest BCUT2D eigenvalue weighted by molar-refractivity contribution is 0.0972. The summed E-state index contributed by atoms with van der Waals surface area (Å²) < 4.78 is 0. The van der Waals surface area contributed by atoms with E-state index in [4.69, 9.17) is 26.7 Å². The molecule has 1 fully saturated rings. The number of ketones is 1. The predicted octanol–water partition coefficient (Wildman–Crippen LogP) is 2.51. The number of hydrogen-bond donors (Lipinski definition) is 2. The first-order valence-corrected chi connectivity index (χ1v) is 10.1. The maximum atomic E-state index is 12.6. The molecule has 0 bridgehead atoms. The molecule has 2 heterocycles. The van der Waals surface area contributed by atoms with E-state index >= 15 is 0 Å². The number of β-amino-alcohol motifs (C(OH)–C–C–N with tert-alkyl or cyclic N) is 1. The number of rotatable bonds is 5. The van der Waals surface area contributed by atoms with Gasteiger partial charge >= 0.3 is 0 Å². The van der Waals surface area contributed by atoms with Gasteiger partial charge in [-0.1, -0.05) is 11.6 Å². The first kappa shape index (κ1) is 19.1. The lowest BCUT2D eigenvalue weighted by atomic mass is 9.95. The van der Waals surface area contributed by atoms with Gasteiger partial charge < -0.3 is 15.3 Å². The van der Waals surface area contributed by atoms with Crippen LogP contribution in [0.4, 0.5) is 17.5 Å². The first-order chi connectivity index (χ1) is 13.6. The SMILES string of the molecule is O=C1CCCc2nc(N3CCN(CCO)CC3)nc(Nc3ccc(Cl)cc3)c21. The van der Waals surface area contributed by atoms with Crippen molar-refractivity contribution in [1.82, 2.24) is 14.9 Å². The van der Waals surface area contributed by atoms with Gasteiger partial charge in [0.2, 0.25) is 5.95 Å². The molecule has 0 atom stereocenters. The number of hydrogen-bond acceptors (Lipinski definition) is 7. The van der Waals surface area contributed by atoms with Gasteiger partial charge in [-0.05, 0) is 37.1 Å². The molecule has 28 heavy (non-hydrogen) atoms. The molecule has 0 spiro atoms. The Kier molecular flexibility index (Phi) is 5.75. The summed E-state index contributed by atoms with van der Waals surface area (Å²) in [5.74, 6) is 1.33. The maximum absolute atomic E-state index is 12.6. The number of nitrogens with zero attached hydrogens (tertiary/aromatic N) is 4. The fourth-order valence-corrected chi connectivity index (χ4v) is 3.85. The zero-order chi connectivity index (χ0) is 19.5. The van der Waals surface area contributed by atoms with E-state index in [0.29, 0.717) is 35.3 Å². The monoisotopic (exact) mass is 401 g/mol. The Morgan fingerprint density at radius 1 is 1.07 bits per heavy atom. The summed E-state index contributed by atoms with van der Waals surface area (Å²) >= 11 is 5.98. The number of halogens is 1. The summed E-state index contributed by atoms with van der Waals surface area (Å²) in [6, 6.07) is 7.36. The zero-order valence-electron chi connectivity index (χ0n) is 15.7. The number of carbonyl (C=O) groups is 1. The number of aromatic nitrogens is 2. The molecule has 0 radical (unpaired) electrons. The van der Waals surface area contributed by atoms with Crippen LogP contribution in [0.1, 0.15) is 28.9 Å². The van der Waals surface area contributed by atoms with Gasteiger partial charge in [-0.2, -0.15) is 4.98 Å². The number of carbonyl (C=O) groups excluding carboxylic acids is 1. The van der Waals surface area contributed by atoms with E-state index in [1.54, 1.807) is 12.1 Å². The van der Waals surface area contributed by atoms with Gasteiger partial charge in [0.05, 0.1) is 17.9 Å². The van der Waals surface area contributed by atoms with Crippen LogP contribution in [0.5, 0.6) is 0 Å². The molecule has 1 aliphatic carbocycles. The minimum Gasteiger partial charge on any atom is -0.395 e. The average molecular weight is 402 g/mol. The molecule has 0 amide bonds. The van der Waals surface area contributed by atoms with E-state index in [1.807, 2.05) is 12.1 Å². The Balaban J connectivity index is 1.63. The highest BCUT2D eigenvalue weighted by molar-refractivity contribution is 6.30. The minimum atomic E-state index is 0.0945. The third-order valence-electron chi connectivity index (χ3n) is 5.25. The molecule has 7 nitrogen and oxygen atoms in total. The highest BCUT2D eigenvalue weighted by Crippen LogP contribution is 2.30. The molecule has 2 aliphatic rings. The summed E-state index contributed by atoms with van der Waals surface area (Å²) in [5, 5.41) is 13.1. The van der Waals surface area contributed by atoms with E-state index < -0.39 is 0 Å². The summed E-state index contributed by atoms with van der Waals surface area (Å²) in [5.41, 5.74) is 2.28. The average Bonchev–Trinajstić information content (AvgIpc) is 2.70. The molecule has 2 N–H and O–H groups in total. The van der Waals surface area contributed by atoms with Crippen molar-refractivity contribution in [1.29, 1.82) is 0 Å². The van der Waals surface area contributed by atoms with Crippen molar-refractivity contribution in [3.05, 3.63) is 40.5 Å². The normalized spacial score (nSPS) is 17.5. The van der Waals surface area contributed by atoms with E-state index in [9.17, 15) is 4.79 Å². The van der Waals surface area contributed by atoms with Crippen LogP contribution in [-0.2, 0) is 6.42 Å². The largest absolute Gasteiger partial charge is 0.395 e. The van der Waals surface area contributed by atoms with Gasteiger partial charge in [0, 0.05) is 49.9 Å². The molecule has 148 valence electrons. The van der Waals surface area contributed by atoms with Crippen LogP contribution < -0.4 is 10.2 Å². The van der Waals surface area contributed by atoms with Gasteiger partial charge in [0.25, 0.3) is 0 Å². The summed E-state index contributed by atoms with van der Waals surface area (Å²) in [6.45, 7) is 4.18. The Bertz CT molecular complexity index is 850. The fraction of sp³-hybridized carbons (Fsp3) is 0.450. The molecule has 1 aromatic heterocycles. The molecular weight excluding hydrogens is 378 g/mol. The van der Waals surface area contributed by atoms with Crippen LogP contribution >= 0.6 is 11.6 Å². The Labute approximate surface area is 169 Å². The third-order valence-corrected chi connectivity index (χ3v) is 5.50. The number of benzene rings is 1. The second-order valence-corrected chi connectivity index (χ2v) is 7.59. The Morgan fingerprint density at radius 2 is 1.82 bits per heavy atom. The van der Waals surface area contributed by atoms with Gasteiger partial charge in [-0.15, -0.1) is 0 Å². The second-order valence-electron chi connectivity index (χ2n) is 7.15. The van der Waals surface area contributed by atoms with Crippen molar-refractivity contribution in [3.8, 4) is 0 Å². The zero-order valence-corrected chi connectivity index (χ0v) is 16.5. The first-order valence-electron chi connectivity index (χ1n) is 9.69. The lowest BCUT2D eigenvalue weighted by Gasteiger charge is -2.35. The van der Waals surface area contributed by atoms with Gasteiger partial charge in [0.1, 0.15) is 5.82 Å². The van der Waals surface area contributed by atoms with Crippen LogP contribution in [0.2, 0.25) is 5.02 Å². The lowest BCUT2D eigenvalue weighted by Crippen LogP contribution is -2.48. The van der Waals surface area contributed by atoms with Crippen molar-refractivity contribution in [2.24, 2.45) is 0 Å².